The third-order valence-electron chi connectivity index (χ3n) is 4.72. The molecule has 6 heteroatoms. The van der Waals surface area contributed by atoms with Gasteiger partial charge in [0.2, 0.25) is 0 Å². The molecule has 1 heterocycles. The Labute approximate surface area is 141 Å². The number of rotatable bonds is 6. The second-order valence-electron chi connectivity index (χ2n) is 5.85. The number of alkyl halides is 3. The number of hydrogen-bond donors (Lipinski definition) is 0. The number of hydrogen-bond acceptors (Lipinski definition) is 2. The van der Waals surface area contributed by atoms with Crippen LogP contribution in [0, 0.1) is 0 Å². The quantitative estimate of drug-likeness (QED) is 0.478. The van der Waals surface area contributed by atoms with E-state index >= 15 is 0 Å². The first kappa shape index (κ1) is 18.5. The number of benzene rings is 1. The van der Waals surface area contributed by atoms with Crippen LogP contribution >= 0.6 is 0 Å². The highest BCUT2D eigenvalue weighted by Crippen LogP contribution is 2.30. The van der Waals surface area contributed by atoms with E-state index in [1.54, 1.807) is 6.21 Å². The second kappa shape index (κ2) is 7.38. The van der Waals surface area contributed by atoms with Crippen molar-refractivity contribution in [2.45, 2.75) is 45.1 Å². The average molecular weight is 353 g/mol. The summed E-state index contributed by atoms with van der Waals surface area (Å²) in [6.07, 6.45) is -2.77. The van der Waals surface area contributed by atoms with Crippen molar-refractivity contribution in [3.05, 3.63) is 47.7 Å². The normalized spacial score (nSPS) is 12.9. The molecule has 0 atom stereocenters. The van der Waals surface area contributed by atoms with Gasteiger partial charge >= 0.3 is 6.18 Å². The van der Waals surface area contributed by atoms with E-state index < -0.39 is 19.8 Å². The number of nitrogens with zero attached hydrogens (tertiary/aromatic N) is 1. The molecule has 1 aromatic carbocycles. The van der Waals surface area contributed by atoms with Gasteiger partial charge in [0.05, 0.1) is 22.8 Å². The van der Waals surface area contributed by atoms with Crippen LogP contribution in [0.1, 0.15) is 32.1 Å². The van der Waals surface area contributed by atoms with Gasteiger partial charge in [-0.05, 0) is 36.4 Å². The van der Waals surface area contributed by atoms with Crippen LogP contribution in [-0.2, 0) is 6.18 Å². The van der Waals surface area contributed by atoms with Crippen LogP contribution < -0.4 is 5.38 Å². The molecule has 0 spiro atoms. The lowest BCUT2D eigenvalue weighted by Crippen LogP contribution is -2.44. The molecule has 24 heavy (non-hydrogen) atoms. The van der Waals surface area contributed by atoms with E-state index in [1.807, 2.05) is 12.1 Å². The molecule has 0 aliphatic rings. The Morgan fingerprint density at radius 2 is 1.54 bits per heavy atom. The average Bonchev–Trinajstić information content (AvgIpc) is 3.04. The lowest BCUT2D eigenvalue weighted by Gasteiger charge is -2.24. The molecule has 0 N–H and O–H groups in total. The molecule has 0 bridgehead atoms. The molecule has 0 saturated carbocycles. The van der Waals surface area contributed by atoms with Gasteiger partial charge in [-0.3, -0.25) is 4.99 Å². The highest BCUT2D eigenvalue weighted by Gasteiger charge is 2.32. The Morgan fingerprint density at radius 1 is 0.958 bits per heavy atom. The summed E-state index contributed by atoms with van der Waals surface area (Å²) in [6, 6.07) is 12.1. The van der Waals surface area contributed by atoms with E-state index in [4.69, 9.17) is 4.42 Å². The van der Waals surface area contributed by atoms with E-state index in [0.717, 1.165) is 35.6 Å². The fourth-order valence-corrected chi connectivity index (χ4v) is 6.17. The molecule has 1 aromatic heterocycles. The fourth-order valence-electron chi connectivity index (χ4n) is 2.85. The van der Waals surface area contributed by atoms with Crippen LogP contribution in [0.3, 0.4) is 0 Å². The Hall–Kier alpha value is -1.82. The van der Waals surface area contributed by atoms with Gasteiger partial charge in [-0.1, -0.05) is 38.9 Å². The van der Waals surface area contributed by atoms with Crippen LogP contribution in [0.2, 0.25) is 18.1 Å². The van der Waals surface area contributed by atoms with E-state index in [9.17, 15) is 13.2 Å². The molecule has 2 nitrogen and oxygen atoms in total. The zero-order valence-electron chi connectivity index (χ0n) is 14.2. The van der Waals surface area contributed by atoms with Gasteiger partial charge in [0.15, 0.2) is 0 Å². The summed E-state index contributed by atoms with van der Waals surface area (Å²) in [5.41, 5.74) is -0.211. The summed E-state index contributed by atoms with van der Waals surface area (Å²) in [5.74, 6) is 0.636. The third-order valence-corrected chi connectivity index (χ3v) is 10.1. The molecule has 0 radical (unpaired) electrons. The summed E-state index contributed by atoms with van der Waals surface area (Å²) in [4.78, 5) is 4.20. The maximum Gasteiger partial charge on any atom is 0.416 e. The van der Waals surface area contributed by atoms with E-state index in [1.165, 1.54) is 12.1 Å². The lowest BCUT2D eigenvalue weighted by molar-refractivity contribution is -0.137. The molecule has 0 aliphatic heterocycles. The second-order valence-corrected chi connectivity index (χ2v) is 11.0. The predicted octanol–water partition coefficient (Wildman–Crippen LogP) is 5.76. The summed E-state index contributed by atoms with van der Waals surface area (Å²) in [5, 5.41) is 1.07. The molecule has 0 aliphatic carbocycles. The van der Waals surface area contributed by atoms with Gasteiger partial charge in [-0.15, -0.1) is 0 Å². The minimum absolute atomic E-state index is 0.464. The number of aliphatic imine (C=N–C) groups is 1. The molecule has 130 valence electrons. The Kier molecular flexibility index (Phi) is 5.69. The van der Waals surface area contributed by atoms with Gasteiger partial charge in [0, 0.05) is 0 Å². The SMILES string of the molecule is CC[Si](CC)(CC)c1ccc(C=Nc2ccc(C(F)(F)F)cc2)o1. The maximum atomic E-state index is 12.5. The molecule has 0 saturated heterocycles. The van der Waals surface area contributed by atoms with Crippen molar-refractivity contribution >= 4 is 25.4 Å². The van der Waals surface area contributed by atoms with Crippen molar-refractivity contribution in [1.29, 1.82) is 0 Å². The first-order valence-electron chi connectivity index (χ1n) is 8.16. The molecule has 2 aromatic rings. The summed E-state index contributed by atoms with van der Waals surface area (Å²) in [6.45, 7) is 6.62. The first-order valence-corrected chi connectivity index (χ1v) is 10.8. The summed E-state index contributed by atoms with van der Waals surface area (Å²) >= 11 is 0. The zero-order chi connectivity index (χ0) is 17.8. The van der Waals surface area contributed by atoms with Gasteiger partial charge in [-0.2, -0.15) is 13.2 Å². The molecule has 2 rings (SSSR count). The largest absolute Gasteiger partial charge is 0.465 e. The minimum Gasteiger partial charge on any atom is -0.465 e. The Balaban J connectivity index is 2.16. The summed E-state index contributed by atoms with van der Waals surface area (Å²) < 4.78 is 43.6. The highest BCUT2D eigenvalue weighted by molar-refractivity contribution is 6.90. The van der Waals surface area contributed by atoms with Crippen molar-refractivity contribution in [1.82, 2.24) is 0 Å². The van der Waals surface area contributed by atoms with Crippen molar-refractivity contribution < 1.29 is 17.6 Å². The van der Waals surface area contributed by atoms with Crippen LogP contribution in [-0.4, -0.2) is 14.3 Å². The minimum atomic E-state index is -4.33. The highest BCUT2D eigenvalue weighted by atomic mass is 28.3. The topological polar surface area (TPSA) is 25.5 Å². The predicted molar refractivity (Wildman–Crippen MR) is 94.2 cm³/mol. The van der Waals surface area contributed by atoms with Crippen molar-refractivity contribution in [3.63, 3.8) is 0 Å². The number of halogens is 3. The fraction of sp³-hybridized carbons (Fsp3) is 0.389. The van der Waals surface area contributed by atoms with Crippen LogP contribution in [0.4, 0.5) is 18.9 Å². The smallest absolute Gasteiger partial charge is 0.416 e. The number of furan rings is 1. The van der Waals surface area contributed by atoms with Crippen LogP contribution in [0.25, 0.3) is 0 Å². The van der Waals surface area contributed by atoms with E-state index in [0.29, 0.717) is 11.4 Å². The maximum absolute atomic E-state index is 12.5. The van der Waals surface area contributed by atoms with Crippen molar-refractivity contribution in [3.8, 4) is 0 Å². The molecular formula is C18H22F3NOSi. The molecule has 0 amide bonds. The Morgan fingerprint density at radius 3 is 2.04 bits per heavy atom. The van der Waals surface area contributed by atoms with Gasteiger partial charge < -0.3 is 4.42 Å². The summed E-state index contributed by atoms with van der Waals surface area (Å²) in [7, 11) is -1.56. The van der Waals surface area contributed by atoms with Crippen molar-refractivity contribution in [2.24, 2.45) is 4.99 Å². The van der Waals surface area contributed by atoms with Crippen molar-refractivity contribution in [2.75, 3.05) is 0 Å². The van der Waals surface area contributed by atoms with Gasteiger partial charge in [0.1, 0.15) is 13.8 Å². The molecule has 0 unspecified atom stereocenters. The molecule has 0 fully saturated rings. The lowest BCUT2D eigenvalue weighted by atomic mass is 10.2. The van der Waals surface area contributed by atoms with E-state index in [2.05, 4.69) is 25.8 Å². The monoisotopic (exact) mass is 353 g/mol. The van der Waals surface area contributed by atoms with Gasteiger partial charge in [0.25, 0.3) is 0 Å². The van der Waals surface area contributed by atoms with Gasteiger partial charge in [-0.25, -0.2) is 0 Å². The first-order chi connectivity index (χ1) is 11.3. The molecular weight excluding hydrogens is 331 g/mol. The van der Waals surface area contributed by atoms with Crippen LogP contribution in [0.15, 0.2) is 45.8 Å². The third kappa shape index (κ3) is 3.98. The Bertz CT molecular complexity index is 677. The standard InChI is InChI=1S/C18H22F3NOSi/c1-4-24(5-2,6-3)17-12-11-16(23-17)13-22-15-9-7-14(8-10-15)18(19,20)21/h7-13H,4-6H2,1-3H3. The van der Waals surface area contributed by atoms with Crippen LogP contribution in [0.5, 0.6) is 0 Å². The zero-order valence-corrected chi connectivity index (χ0v) is 15.2. The van der Waals surface area contributed by atoms with E-state index in [-0.39, 0.29) is 0 Å².